The van der Waals surface area contributed by atoms with Crippen LogP contribution in [0.3, 0.4) is 0 Å². The van der Waals surface area contributed by atoms with Crippen molar-refractivity contribution in [2.75, 3.05) is 16.2 Å². The summed E-state index contributed by atoms with van der Waals surface area (Å²) in [5, 5.41) is 2.67. The van der Waals surface area contributed by atoms with Gasteiger partial charge < -0.3 is 5.32 Å². The van der Waals surface area contributed by atoms with Crippen LogP contribution in [-0.2, 0) is 14.8 Å². The number of nitrogens with zero attached hydrogens (tertiary/aromatic N) is 1. The van der Waals surface area contributed by atoms with Gasteiger partial charge in [0.05, 0.1) is 10.6 Å². The van der Waals surface area contributed by atoms with E-state index in [9.17, 15) is 17.6 Å². The Bertz CT molecular complexity index is 1130. The first-order valence-electron chi connectivity index (χ1n) is 9.32. The van der Waals surface area contributed by atoms with E-state index < -0.39 is 10.0 Å². The maximum atomic E-state index is 13.0. The summed E-state index contributed by atoms with van der Waals surface area (Å²) in [4.78, 5) is 12.2. The van der Waals surface area contributed by atoms with Gasteiger partial charge in [-0.1, -0.05) is 30.3 Å². The molecular weight excluding hydrogens is 403 g/mol. The first kappa shape index (κ1) is 21.3. The Hall–Kier alpha value is -3.45. The van der Waals surface area contributed by atoms with Gasteiger partial charge in [-0.2, -0.15) is 0 Å². The molecule has 0 heterocycles. The summed E-state index contributed by atoms with van der Waals surface area (Å²) in [5.41, 5.74) is 1.74. The van der Waals surface area contributed by atoms with Crippen molar-refractivity contribution >= 4 is 33.4 Å². The van der Waals surface area contributed by atoms with Crippen LogP contribution < -0.4 is 9.62 Å². The number of benzene rings is 3. The van der Waals surface area contributed by atoms with E-state index in [1.807, 2.05) is 6.07 Å². The molecule has 5 nitrogen and oxygen atoms in total. The molecule has 0 aliphatic heterocycles. The predicted octanol–water partition coefficient (Wildman–Crippen LogP) is 4.69. The molecule has 0 spiro atoms. The summed E-state index contributed by atoms with van der Waals surface area (Å²) in [6.07, 6.45) is 2.89. The molecule has 7 heteroatoms. The number of para-hydroxylation sites is 1. The molecule has 0 aliphatic carbocycles. The number of rotatable bonds is 7. The smallest absolute Gasteiger partial charge is 0.264 e. The summed E-state index contributed by atoms with van der Waals surface area (Å²) in [7, 11) is -3.72. The van der Waals surface area contributed by atoms with Gasteiger partial charge in [0.15, 0.2) is 0 Å². The Morgan fingerprint density at radius 3 is 2.20 bits per heavy atom. The third-order valence-electron chi connectivity index (χ3n) is 4.34. The SMILES string of the molecule is CCN(c1ccccc1)S(=O)(=O)c1ccc(NC(=O)C=Cc2ccc(F)cc2)cc1. The molecular formula is C23H21FN2O3S. The van der Waals surface area contributed by atoms with E-state index in [4.69, 9.17) is 0 Å². The number of halogens is 1. The fourth-order valence-corrected chi connectivity index (χ4v) is 4.33. The minimum absolute atomic E-state index is 0.132. The lowest BCUT2D eigenvalue weighted by atomic mass is 10.2. The highest BCUT2D eigenvalue weighted by Gasteiger charge is 2.23. The zero-order valence-corrected chi connectivity index (χ0v) is 17.1. The van der Waals surface area contributed by atoms with Crippen LogP contribution in [0.4, 0.5) is 15.8 Å². The van der Waals surface area contributed by atoms with E-state index >= 15 is 0 Å². The molecule has 154 valence electrons. The van der Waals surface area contributed by atoms with Crippen LogP contribution in [0.2, 0.25) is 0 Å². The van der Waals surface area contributed by atoms with Crippen molar-refractivity contribution in [2.45, 2.75) is 11.8 Å². The van der Waals surface area contributed by atoms with E-state index in [-0.39, 0.29) is 16.6 Å². The summed E-state index contributed by atoms with van der Waals surface area (Å²) in [6.45, 7) is 2.06. The largest absolute Gasteiger partial charge is 0.323 e. The van der Waals surface area contributed by atoms with Crippen molar-refractivity contribution in [2.24, 2.45) is 0 Å². The van der Waals surface area contributed by atoms with Crippen LogP contribution >= 0.6 is 0 Å². The average molecular weight is 424 g/mol. The molecule has 1 N–H and O–H groups in total. The van der Waals surface area contributed by atoms with Gasteiger partial charge in [0.2, 0.25) is 5.91 Å². The highest BCUT2D eigenvalue weighted by Crippen LogP contribution is 2.24. The fraction of sp³-hybridized carbons (Fsp3) is 0.0870. The van der Waals surface area contributed by atoms with Crippen LogP contribution in [0.25, 0.3) is 6.08 Å². The standard InChI is InChI=1S/C23H21FN2O3S/c1-2-26(21-6-4-3-5-7-21)30(28,29)22-15-13-20(14-16-22)25-23(27)17-10-18-8-11-19(24)12-9-18/h3-17H,2H2,1H3,(H,25,27). The molecule has 30 heavy (non-hydrogen) atoms. The van der Waals surface area contributed by atoms with Crippen LogP contribution in [-0.4, -0.2) is 20.9 Å². The third kappa shape index (κ3) is 5.12. The topological polar surface area (TPSA) is 66.5 Å². The lowest BCUT2D eigenvalue weighted by molar-refractivity contribution is -0.111. The van der Waals surface area contributed by atoms with Gasteiger partial charge in [0.1, 0.15) is 5.82 Å². The van der Waals surface area contributed by atoms with Crippen molar-refractivity contribution < 1.29 is 17.6 Å². The van der Waals surface area contributed by atoms with E-state index in [0.717, 1.165) is 0 Å². The number of sulfonamides is 1. The summed E-state index contributed by atoms with van der Waals surface area (Å²) in [6, 6.07) is 20.6. The summed E-state index contributed by atoms with van der Waals surface area (Å²) >= 11 is 0. The molecule has 0 unspecified atom stereocenters. The lowest BCUT2D eigenvalue weighted by Crippen LogP contribution is -2.30. The van der Waals surface area contributed by atoms with E-state index in [0.29, 0.717) is 23.5 Å². The van der Waals surface area contributed by atoms with Gasteiger partial charge in [-0.3, -0.25) is 9.10 Å². The molecule has 0 saturated heterocycles. The van der Waals surface area contributed by atoms with Gasteiger partial charge in [0.25, 0.3) is 10.0 Å². The van der Waals surface area contributed by atoms with Crippen LogP contribution in [0.1, 0.15) is 12.5 Å². The fourth-order valence-electron chi connectivity index (χ4n) is 2.85. The first-order valence-corrected chi connectivity index (χ1v) is 10.8. The average Bonchev–Trinajstić information content (AvgIpc) is 2.75. The number of anilines is 2. The molecule has 0 saturated carbocycles. The van der Waals surface area contributed by atoms with Crippen molar-refractivity contribution in [1.29, 1.82) is 0 Å². The summed E-state index contributed by atoms with van der Waals surface area (Å²) < 4.78 is 40.2. The van der Waals surface area contributed by atoms with Gasteiger partial charge in [-0.15, -0.1) is 0 Å². The first-order chi connectivity index (χ1) is 14.4. The predicted molar refractivity (Wildman–Crippen MR) is 117 cm³/mol. The monoisotopic (exact) mass is 424 g/mol. The van der Waals surface area contributed by atoms with Crippen molar-refractivity contribution in [3.63, 3.8) is 0 Å². The van der Waals surface area contributed by atoms with Crippen molar-refractivity contribution in [3.8, 4) is 0 Å². The van der Waals surface area contributed by atoms with E-state index in [1.54, 1.807) is 49.4 Å². The van der Waals surface area contributed by atoms with E-state index in [1.165, 1.54) is 46.8 Å². The quantitative estimate of drug-likeness (QED) is 0.560. The zero-order valence-electron chi connectivity index (χ0n) is 16.3. The molecule has 1 amide bonds. The molecule has 0 aliphatic rings. The highest BCUT2D eigenvalue weighted by atomic mass is 32.2. The number of hydrogen-bond acceptors (Lipinski definition) is 3. The van der Waals surface area contributed by atoms with Crippen LogP contribution in [0, 0.1) is 5.82 Å². The van der Waals surface area contributed by atoms with Crippen molar-refractivity contribution in [3.05, 3.63) is 96.3 Å². The maximum Gasteiger partial charge on any atom is 0.264 e. The Morgan fingerprint density at radius 2 is 1.60 bits per heavy atom. The number of hydrogen-bond donors (Lipinski definition) is 1. The van der Waals surface area contributed by atoms with Crippen LogP contribution in [0.5, 0.6) is 0 Å². The van der Waals surface area contributed by atoms with Crippen molar-refractivity contribution in [1.82, 2.24) is 0 Å². The number of nitrogens with one attached hydrogen (secondary N) is 1. The van der Waals surface area contributed by atoms with Gasteiger partial charge in [0, 0.05) is 18.3 Å². The lowest BCUT2D eigenvalue weighted by Gasteiger charge is -2.23. The Morgan fingerprint density at radius 1 is 0.967 bits per heavy atom. The van der Waals surface area contributed by atoms with Gasteiger partial charge >= 0.3 is 0 Å². The summed E-state index contributed by atoms with van der Waals surface area (Å²) in [5.74, 6) is -0.727. The second-order valence-corrected chi connectivity index (χ2v) is 8.27. The maximum absolute atomic E-state index is 13.0. The number of amides is 1. The molecule has 0 bridgehead atoms. The van der Waals surface area contributed by atoms with Crippen LogP contribution in [0.15, 0.2) is 89.8 Å². The molecule has 3 aromatic rings. The Kier molecular flexibility index (Phi) is 6.64. The zero-order chi connectivity index (χ0) is 21.6. The third-order valence-corrected chi connectivity index (χ3v) is 6.26. The minimum Gasteiger partial charge on any atom is -0.323 e. The normalized spacial score (nSPS) is 11.4. The van der Waals surface area contributed by atoms with Gasteiger partial charge in [-0.05, 0) is 67.1 Å². The van der Waals surface area contributed by atoms with Gasteiger partial charge in [-0.25, -0.2) is 12.8 Å². The molecule has 0 atom stereocenters. The molecule has 0 fully saturated rings. The molecule has 0 radical (unpaired) electrons. The molecule has 3 rings (SSSR count). The van der Waals surface area contributed by atoms with E-state index in [2.05, 4.69) is 5.32 Å². The Labute approximate surface area is 175 Å². The highest BCUT2D eigenvalue weighted by molar-refractivity contribution is 7.92. The second-order valence-electron chi connectivity index (χ2n) is 6.40. The molecule has 0 aromatic heterocycles. The minimum atomic E-state index is -3.72. The number of carbonyl (C=O) groups is 1. The number of carbonyl (C=O) groups excluding carboxylic acids is 1. The molecule has 3 aromatic carbocycles. The Balaban J connectivity index is 1.70. The second kappa shape index (κ2) is 9.37.